The number of amides is 1. The number of nitrogens with zero attached hydrogens (tertiary/aromatic N) is 1. The van der Waals surface area contributed by atoms with Crippen molar-refractivity contribution in [2.75, 3.05) is 40.9 Å². The molecule has 0 aliphatic rings. The number of esters is 1. The monoisotopic (exact) mass is 1120 g/mol. The molecule has 0 radical (unpaired) electrons. The number of carbonyl (C=O) groups is 2. The molecule has 0 heterocycles. The Morgan fingerprint density at radius 3 is 1.18 bits per heavy atom. The molecular formula is C68H131N2O7P. The van der Waals surface area contributed by atoms with Crippen molar-refractivity contribution in [3.63, 3.8) is 0 Å². The lowest BCUT2D eigenvalue weighted by Gasteiger charge is -2.30. The zero-order valence-electron chi connectivity index (χ0n) is 52.6. The van der Waals surface area contributed by atoms with Gasteiger partial charge >= 0.3 is 5.97 Å². The van der Waals surface area contributed by atoms with Gasteiger partial charge in [-0.15, -0.1) is 0 Å². The molecule has 0 bridgehead atoms. The van der Waals surface area contributed by atoms with Crippen LogP contribution in [0.25, 0.3) is 0 Å². The summed E-state index contributed by atoms with van der Waals surface area (Å²) in [6.07, 6.45) is 71.1. The Labute approximate surface area is 485 Å². The zero-order valence-corrected chi connectivity index (χ0v) is 53.5. The molecule has 9 nitrogen and oxygen atoms in total. The van der Waals surface area contributed by atoms with Crippen molar-refractivity contribution in [3.05, 3.63) is 36.5 Å². The summed E-state index contributed by atoms with van der Waals surface area (Å²) < 4.78 is 30.4. The van der Waals surface area contributed by atoms with E-state index in [9.17, 15) is 19.0 Å². The van der Waals surface area contributed by atoms with Crippen LogP contribution >= 0.6 is 7.82 Å². The number of nitrogens with one attached hydrogen (secondary N) is 1. The number of likely N-dealkylation sites (N-methyl/N-ethyl adjacent to an activating group) is 1. The van der Waals surface area contributed by atoms with Gasteiger partial charge < -0.3 is 28.5 Å². The molecule has 1 N–H and O–H groups in total. The number of phosphoric ester groups is 1. The summed E-state index contributed by atoms with van der Waals surface area (Å²) in [5.41, 5.74) is 0. The minimum atomic E-state index is -4.70. The summed E-state index contributed by atoms with van der Waals surface area (Å²) in [6, 6.07) is -0.884. The van der Waals surface area contributed by atoms with Gasteiger partial charge in [0.15, 0.2) is 0 Å². The molecule has 0 saturated carbocycles. The molecule has 0 aromatic heterocycles. The first-order chi connectivity index (χ1) is 37.9. The van der Waals surface area contributed by atoms with Crippen LogP contribution in [0.1, 0.15) is 335 Å². The number of carbonyl (C=O) groups excluding carboxylic acids is 2. The van der Waals surface area contributed by atoms with Crippen LogP contribution < -0.4 is 10.2 Å². The maximum Gasteiger partial charge on any atom is 0.306 e. The van der Waals surface area contributed by atoms with Crippen molar-refractivity contribution in [2.45, 2.75) is 348 Å². The van der Waals surface area contributed by atoms with Crippen molar-refractivity contribution >= 4 is 19.7 Å². The van der Waals surface area contributed by atoms with Gasteiger partial charge in [0.05, 0.1) is 33.8 Å². The Morgan fingerprint density at radius 1 is 0.449 bits per heavy atom. The molecule has 3 atom stereocenters. The van der Waals surface area contributed by atoms with Crippen molar-refractivity contribution in [2.24, 2.45) is 0 Å². The van der Waals surface area contributed by atoms with Crippen LogP contribution in [0, 0.1) is 0 Å². The highest BCUT2D eigenvalue weighted by molar-refractivity contribution is 7.45. The number of phosphoric acid groups is 1. The number of hydrogen-bond donors (Lipinski definition) is 1. The molecule has 0 fully saturated rings. The minimum Gasteiger partial charge on any atom is -0.756 e. The van der Waals surface area contributed by atoms with Crippen molar-refractivity contribution in [1.82, 2.24) is 5.32 Å². The van der Waals surface area contributed by atoms with Crippen molar-refractivity contribution in [3.8, 4) is 0 Å². The van der Waals surface area contributed by atoms with Crippen LogP contribution in [0.2, 0.25) is 0 Å². The van der Waals surface area contributed by atoms with Gasteiger partial charge in [-0.1, -0.05) is 295 Å². The van der Waals surface area contributed by atoms with Gasteiger partial charge in [0.25, 0.3) is 7.82 Å². The Bertz CT molecular complexity index is 1430. The molecule has 10 heteroatoms. The minimum absolute atomic E-state index is 0.0195. The van der Waals surface area contributed by atoms with Crippen molar-refractivity contribution in [1.29, 1.82) is 0 Å². The van der Waals surface area contributed by atoms with Crippen LogP contribution in [-0.2, 0) is 27.9 Å². The Morgan fingerprint density at radius 2 is 0.782 bits per heavy atom. The van der Waals surface area contributed by atoms with Gasteiger partial charge in [-0.05, 0) is 63.9 Å². The number of quaternary nitrogens is 1. The van der Waals surface area contributed by atoms with Gasteiger partial charge in [-0.3, -0.25) is 14.2 Å². The Hall–Kier alpha value is -1.77. The molecule has 0 spiro atoms. The lowest BCUT2D eigenvalue weighted by molar-refractivity contribution is -0.870. The summed E-state index contributed by atoms with van der Waals surface area (Å²) in [6.45, 7) is 6.87. The standard InChI is InChI=1S/C68H131N2O7P/c1-7-10-13-16-19-22-25-28-30-32-33-34-35-36-37-39-40-42-45-48-51-54-57-60-67(71)69-65(64-76-78(73,74)75-63-62-70(4,5)6)66(59-56-53-50-47-44-27-24-21-18-15-12-9-3)77-68(72)61-58-55-52-49-46-43-41-38-31-29-26-23-20-17-14-11-8-2/h19,22,28,30,56,59,65-66H,7-18,20-21,23-27,29,31-55,57-58,60-64H2,1-6H3,(H-,69,71,73,74)/b22-19-,30-28-,59-56-. The molecule has 1 amide bonds. The van der Waals surface area contributed by atoms with E-state index in [0.717, 1.165) is 64.2 Å². The molecule has 0 rings (SSSR count). The second kappa shape index (κ2) is 58.4. The molecule has 0 aliphatic heterocycles. The van der Waals surface area contributed by atoms with Gasteiger partial charge in [0.1, 0.15) is 19.3 Å². The smallest absolute Gasteiger partial charge is 0.306 e. The number of rotatable bonds is 62. The quantitative estimate of drug-likeness (QED) is 0.0212. The summed E-state index contributed by atoms with van der Waals surface area (Å²) >= 11 is 0. The fourth-order valence-corrected chi connectivity index (χ4v) is 10.8. The van der Waals surface area contributed by atoms with Gasteiger partial charge in [-0.25, -0.2) is 0 Å². The summed E-state index contributed by atoms with van der Waals surface area (Å²) in [5, 5.41) is 3.04. The van der Waals surface area contributed by atoms with E-state index in [0.29, 0.717) is 17.4 Å². The van der Waals surface area contributed by atoms with Gasteiger partial charge in [0.2, 0.25) is 5.91 Å². The van der Waals surface area contributed by atoms with Crippen LogP contribution in [0.15, 0.2) is 36.5 Å². The lowest BCUT2D eigenvalue weighted by atomic mass is 10.0. The van der Waals surface area contributed by atoms with Gasteiger partial charge in [-0.2, -0.15) is 0 Å². The molecule has 3 unspecified atom stereocenters. The molecule has 0 aromatic rings. The highest BCUT2D eigenvalue weighted by Crippen LogP contribution is 2.38. The molecule has 78 heavy (non-hydrogen) atoms. The summed E-state index contributed by atoms with van der Waals surface area (Å²) in [4.78, 5) is 40.1. The number of unbranched alkanes of at least 4 members (excludes halogenated alkanes) is 42. The van der Waals surface area contributed by atoms with Crippen molar-refractivity contribution < 1.29 is 37.3 Å². The second-order valence-electron chi connectivity index (χ2n) is 24.3. The van der Waals surface area contributed by atoms with E-state index in [1.54, 1.807) is 0 Å². The summed E-state index contributed by atoms with van der Waals surface area (Å²) in [7, 11) is 1.20. The SMILES string of the molecule is CCCCC/C=C\C/C=C\CCCCCCCCCCCCCCCC(=O)NC(COP(=O)([O-])OCC[N+](C)(C)C)C(/C=C\CCCCCCCCCCCC)OC(=O)CCCCCCCCCCCCCCCCCCC. The second-order valence-corrected chi connectivity index (χ2v) is 25.7. The zero-order chi connectivity index (χ0) is 57.2. The maximum atomic E-state index is 13.6. The van der Waals surface area contributed by atoms with Crippen LogP contribution in [0.5, 0.6) is 0 Å². The predicted molar refractivity (Wildman–Crippen MR) is 335 cm³/mol. The lowest BCUT2D eigenvalue weighted by Crippen LogP contribution is -2.47. The van der Waals surface area contributed by atoms with E-state index in [1.807, 2.05) is 33.3 Å². The van der Waals surface area contributed by atoms with E-state index >= 15 is 0 Å². The fraction of sp³-hybridized carbons (Fsp3) is 0.882. The van der Waals surface area contributed by atoms with E-state index in [4.69, 9.17) is 13.8 Å². The molecule has 460 valence electrons. The average Bonchev–Trinajstić information content (AvgIpc) is 3.40. The predicted octanol–water partition coefficient (Wildman–Crippen LogP) is 20.4. The average molecular weight is 1120 g/mol. The van der Waals surface area contributed by atoms with E-state index in [-0.39, 0.29) is 31.5 Å². The number of ether oxygens (including phenoxy) is 1. The summed E-state index contributed by atoms with van der Waals surface area (Å²) in [5.74, 6) is -0.524. The maximum absolute atomic E-state index is 13.6. The Kier molecular flexibility index (Phi) is 57.1. The number of hydrogen-bond acceptors (Lipinski definition) is 7. The number of allylic oxidation sites excluding steroid dienone is 5. The fourth-order valence-electron chi connectivity index (χ4n) is 10.1. The third-order valence-electron chi connectivity index (χ3n) is 15.3. The van der Waals surface area contributed by atoms with Crippen LogP contribution in [0.3, 0.4) is 0 Å². The molecule has 0 saturated heterocycles. The van der Waals surface area contributed by atoms with E-state index in [1.165, 1.54) is 238 Å². The Balaban J connectivity index is 5.10. The van der Waals surface area contributed by atoms with E-state index in [2.05, 4.69) is 50.4 Å². The first-order valence-electron chi connectivity index (χ1n) is 33.8. The topological polar surface area (TPSA) is 114 Å². The molecule has 0 aliphatic carbocycles. The highest BCUT2D eigenvalue weighted by Gasteiger charge is 2.27. The van der Waals surface area contributed by atoms with Crippen LogP contribution in [0.4, 0.5) is 0 Å². The largest absolute Gasteiger partial charge is 0.756 e. The molecular weight excluding hydrogens is 988 g/mol. The van der Waals surface area contributed by atoms with Gasteiger partial charge in [0, 0.05) is 12.8 Å². The first kappa shape index (κ1) is 76.2. The highest BCUT2D eigenvalue weighted by atomic mass is 31.2. The first-order valence-corrected chi connectivity index (χ1v) is 35.3. The third kappa shape index (κ3) is 58.9. The normalized spacial score (nSPS) is 13.8. The van der Waals surface area contributed by atoms with Crippen LogP contribution in [-0.4, -0.2) is 69.4 Å². The third-order valence-corrected chi connectivity index (χ3v) is 16.3. The molecule has 0 aromatic carbocycles. The van der Waals surface area contributed by atoms with E-state index < -0.39 is 20.0 Å².